The van der Waals surface area contributed by atoms with Crippen LogP contribution in [0.25, 0.3) is 0 Å². The first-order valence-corrected chi connectivity index (χ1v) is 5.58. The molecule has 0 fully saturated rings. The van der Waals surface area contributed by atoms with Gasteiger partial charge in [0, 0.05) is 11.6 Å². The lowest BCUT2D eigenvalue weighted by molar-refractivity contribution is -0.141. The maximum atomic E-state index is 13.4. The van der Waals surface area contributed by atoms with Gasteiger partial charge in [-0.25, -0.2) is 13.8 Å². The summed E-state index contributed by atoms with van der Waals surface area (Å²) in [6.45, 7) is 0.969. The quantitative estimate of drug-likeness (QED) is 0.838. The van der Waals surface area contributed by atoms with Crippen LogP contribution >= 0.6 is 0 Å². The molecule has 0 unspecified atom stereocenters. The number of halogens is 5. The highest BCUT2D eigenvalue weighted by atomic mass is 19.4. The Morgan fingerprint density at radius 2 is 1.90 bits per heavy atom. The molecule has 1 aromatic carbocycles. The molecule has 0 aliphatic carbocycles. The van der Waals surface area contributed by atoms with E-state index < -0.39 is 40.6 Å². The fraction of sp³-hybridized carbons (Fsp3) is 0.167. The van der Waals surface area contributed by atoms with Crippen molar-refractivity contribution < 1.29 is 22.0 Å². The third-order valence-electron chi connectivity index (χ3n) is 2.60. The summed E-state index contributed by atoms with van der Waals surface area (Å²) < 4.78 is 64.3. The molecule has 0 aliphatic heterocycles. The van der Waals surface area contributed by atoms with E-state index in [1.807, 2.05) is 4.98 Å². The van der Waals surface area contributed by atoms with Gasteiger partial charge in [0.25, 0.3) is 5.56 Å². The van der Waals surface area contributed by atoms with Crippen molar-refractivity contribution in [2.75, 3.05) is 5.32 Å². The number of alkyl halides is 3. The molecule has 0 amide bonds. The third-order valence-corrected chi connectivity index (χ3v) is 2.60. The summed E-state index contributed by atoms with van der Waals surface area (Å²) in [4.78, 5) is 16.7. The Hall–Kier alpha value is -2.45. The molecule has 0 radical (unpaired) electrons. The van der Waals surface area contributed by atoms with Gasteiger partial charge in [-0.3, -0.25) is 9.78 Å². The van der Waals surface area contributed by atoms with Gasteiger partial charge in [-0.15, -0.1) is 0 Å². The third kappa shape index (κ3) is 3.18. The fourth-order valence-corrected chi connectivity index (χ4v) is 1.59. The van der Waals surface area contributed by atoms with Gasteiger partial charge >= 0.3 is 6.18 Å². The Morgan fingerprint density at radius 3 is 2.48 bits per heavy atom. The molecule has 0 saturated heterocycles. The zero-order valence-electron chi connectivity index (χ0n) is 10.5. The maximum absolute atomic E-state index is 13.4. The lowest BCUT2D eigenvalue weighted by atomic mass is 10.2. The van der Waals surface area contributed by atoms with Gasteiger partial charge in [0.05, 0.1) is 5.69 Å². The van der Waals surface area contributed by atoms with Gasteiger partial charge in [-0.2, -0.15) is 13.2 Å². The molecule has 4 nitrogen and oxygen atoms in total. The van der Waals surface area contributed by atoms with E-state index >= 15 is 0 Å². The largest absolute Gasteiger partial charge is 0.433 e. The summed E-state index contributed by atoms with van der Waals surface area (Å²) in [6, 6.07) is 2.42. The Balaban J connectivity index is 2.46. The first kappa shape index (κ1) is 14.9. The summed E-state index contributed by atoms with van der Waals surface area (Å²) >= 11 is 0. The fourth-order valence-electron chi connectivity index (χ4n) is 1.59. The van der Waals surface area contributed by atoms with Crippen LogP contribution in [0.15, 0.2) is 23.0 Å². The second-order valence-corrected chi connectivity index (χ2v) is 4.14. The minimum Gasteiger partial charge on any atom is -0.323 e. The molecule has 0 saturated carbocycles. The van der Waals surface area contributed by atoms with Crippen molar-refractivity contribution >= 4 is 11.6 Å². The van der Waals surface area contributed by atoms with E-state index in [1.165, 1.54) is 0 Å². The SMILES string of the molecule is Cc1c(C(F)(F)F)nc(Nc2ccc(F)cc2F)[nH]c1=O. The summed E-state index contributed by atoms with van der Waals surface area (Å²) in [6.07, 6.45) is -4.82. The van der Waals surface area contributed by atoms with Crippen molar-refractivity contribution in [2.24, 2.45) is 0 Å². The number of hydrogen-bond acceptors (Lipinski definition) is 3. The van der Waals surface area contributed by atoms with E-state index in [2.05, 4.69) is 10.3 Å². The number of hydrogen-bond donors (Lipinski definition) is 2. The van der Waals surface area contributed by atoms with Gasteiger partial charge in [-0.1, -0.05) is 0 Å². The number of nitrogens with one attached hydrogen (secondary N) is 2. The number of anilines is 2. The Labute approximate surface area is 114 Å². The molecule has 1 aromatic heterocycles. The number of rotatable bonds is 2. The average molecular weight is 305 g/mol. The van der Waals surface area contributed by atoms with Gasteiger partial charge in [0.15, 0.2) is 5.69 Å². The monoisotopic (exact) mass is 305 g/mol. The number of aromatic nitrogens is 2. The van der Waals surface area contributed by atoms with E-state index in [0.717, 1.165) is 19.1 Å². The summed E-state index contributed by atoms with van der Waals surface area (Å²) in [5.74, 6) is -2.48. The Morgan fingerprint density at radius 1 is 1.24 bits per heavy atom. The molecule has 2 rings (SSSR count). The first-order chi connectivity index (χ1) is 9.68. The normalized spacial score (nSPS) is 11.5. The van der Waals surface area contributed by atoms with Crippen molar-refractivity contribution in [2.45, 2.75) is 13.1 Å². The van der Waals surface area contributed by atoms with Crippen LogP contribution in [0.1, 0.15) is 11.3 Å². The molecular weight excluding hydrogens is 297 g/mol. The lowest BCUT2D eigenvalue weighted by Gasteiger charge is -2.12. The predicted molar refractivity (Wildman–Crippen MR) is 64.2 cm³/mol. The standard InChI is InChI=1S/C12H8F5N3O/c1-5-9(12(15,16)17)19-11(20-10(5)21)18-8-3-2-6(13)4-7(8)14/h2-4H,1H3,(H2,18,19,20,21). The minimum absolute atomic E-state index is 0.323. The van der Waals surface area contributed by atoms with Crippen LogP contribution in [0.5, 0.6) is 0 Å². The predicted octanol–water partition coefficient (Wildman–Crippen LogP) is 3.12. The smallest absolute Gasteiger partial charge is 0.323 e. The molecule has 2 aromatic rings. The van der Waals surface area contributed by atoms with Crippen molar-refractivity contribution in [3.8, 4) is 0 Å². The molecule has 0 bridgehead atoms. The second kappa shape index (κ2) is 5.15. The van der Waals surface area contributed by atoms with E-state index in [0.29, 0.717) is 6.07 Å². The number of aromatic amines is 1. The van der Waals surface area contributed by atoms with E-state index in [4.69, 9.17) is 0 Å². The highest BCUT2D eigenvalue weighted by Gasteiger charge is 2.36. The van der Waals surface area contributed by atoms with Crippen molar-refractivity contribution in [3.05, 3.63) is 51.4 Å². The summed E-state index contributed by atoms with van der Waals surface area (Å²) in [7, 11) is 0. The zero-order chi connectivity index (χ0) is 15.8. The molecule has 0 aliphatic rings. The van der Waals surface area contributed by atoms with Crippen LogP contribution in [0, 0.1) is 18.6 Å². The zero-order valence-corrected chi connectivity index (χ0v) is 10.5. The van der Waals surface area contributed by atoms with E-state index in [9.17, 15) is 26.7 Å². The molecule has 112 valence electrons. The molecule has 0 atom stereocenters. The highest BCUT2D eigenvalue weighted by Crippen LogP contribution is 2.29. The number of nitrogens with zero attached hydrogens (tertiary/aromatic N) is 1. The van der Waals surface area contributed by atoms with Gasteiger partial charge in [0.1, 0.15) is 11.6 Å². The maximum Gasteiger partial charge on any atom is 0.433 e. The van der Waals surface area contributed by atoms with Gasteiger partial charge in [0.2, 0.25) is 5.95 Å². The van der Waals surface area contributed by atoms with Crippen molar-refractivity contribution in [3.63, 3.8) is 0 Å². The topological polar surface area (TPSA) is 57.8 Å². The van der Waals surface area contributed by atoms with Crippen LogP contribution in [0.4, 0.5) is 33.6 Å². The van der Waals surface area contributed by atoms with Crippen molar-refractivity contribution in [1.82, 2.24) is 9.97 Å². The first-order valence-electron chi connectivity index (χ1n) is 5.58. The highest BCUT2D eigenvalue weighted by molar-refractivity contribution is 5.54. The van der Waals surface area contributed by atoms with Crippen molar-refractivity contribution in [1.29, 1.82) is 0 Å². The Kier molecular flexibility index (Phi) is 3.67. The summed E-state index contributed by atoms with van der Waals surface area (Å²) in [5.41, 5.74) is -3.32. The van der Waals surface area contributed by atoms with Crippen LogP contribution in [0.3, 0.4) is 0 Å². The second-order valence-electron chi connectivity index (χ2n) is 4.14. The molecule has 0 spiro atoms. The molecular formula is C12H8F5N3O. The number of H-pyrrole nitrogens is 1. The van der Waals surface area contributed by atoms with Gasteiger partial charge in [-0.05, 0) is 19.1 Å². The Bertz CT molecular complexity index is 739. The van der Waals surface area contributed by atoms with E-state index in [1.54, 1.807) is 0 Å². The van der Waals surface area contributed by atoms with Crippen LogP contribution in [0.2, 0.25) is 0 Å². The molecule has 21 heavy (non-hydrogen) atoms. The van der Waals surface area contributed by atoms with Gasteiger partial charge < -0.3 is 5.32 Å². The summed E-state index contributed by atoms with van der Waals surface area (Å²) in [5, 5.41) is 2.17. The molecule has 2 N–H and O–H groups in total. The van der Waals surface area contributed by atoms with Crippen LogP contribution in [-0.2, 0) is 6.18 Å². The molecule has 1 heterocycles. The number of benzene rings is 1. The lowest BCUT2D eigenvalue weighted by Crippen LogP contribution is -2.22. The average Bonchev–Trinajstić information content (AvgIpc) is 2.35. The minimum atomic E-state index is -4.82. The van der Waals surface area contributed by atoms with Crippen LogP contribution < -0.4 is 10.9 Å². The van der Waals surface area contributed by atoms with Crippen LogP contribution in [-0.4, -0.2) is 9.97 Å². The van der Waals surface area contributed by atoms with E-state index in [-0.39, 0.29) is 5.69 Å². The molecule has 9 heteroatoms.